The Morgan fingerprint density at radius 1 is 1.00 bits per heavy atom. The first-order valence-corrected chi connectivity index (χ1v) is 5.90. The first-order valence-electron chi connectivity index (χ1n) is 5.10. The van der Waals surface area contributed by atoms with Crippen molar-refractivity contribution in [1.82, 2.24) is 0 Å². The molecule has 0 spiro atoms. The standard InChI is InChI=1S/C14H12BrF/c1-9-3-5-11(6-4-9)13-8-12(15)7-10(2)14(13)16/h3-8H,1-2H3. The van der Waals surface area contributed by atoms with Crippen LogP contribution in [0.3, 0.4) is 0 Å². The molecule has 2 aromatic carbocycles. The van der Waals surface area contributed by atoms with Crippen LogP contribution in [0.5, 0.6) is 0 Å². The van der Waals surface area contributed by atoms with E-state index < -0.39 is 0 Å². The normalized spacial score (nSPS) is 10.5. The van der Waals surface area contributed by atoms with Crippen LogP contribution < -0.4 is 0 Å². The van der Waals surface area contributed by atoms with Crippen molar-refractivity contribution in [2.45, 2.75) is 13.8 Å². The van der Waals surface area contributed by atoms with Crippen LogP contribution in [0.25, 0.3) is 11.1 Å². The van der Waals surface area contributed by atoms with E-state index in [9.17, 15) is 4.39 Å². The second-order valence-electron chi connectivity index (χ2n) is 3.95. The zero-order chi connectivity index (χ0) is 11.7. The lowest BCUT2D eigenvalue weighted by Gasteiger charge is -2.07. The number of hydrogen-bond donors (Lipinski definition) is 0. The Kier molecular flexibility index (Phi) is 3.10. The zero-order valence-corrected chi connectivity index (χ0v) is 10.8. The van der Waals surface area contributed by atoms with Crippen molar-refractivity contribution in [3.8, 4) is 11.1 Å². The summed E-state index contributed by atoms with van der Waals surface area (Å²) in [5.41, 5.74) is 3.39. The summed E-state index contributed by atoms with van der Waals surface area (Å²) in [6.45, 7) is 3.80. The Balaban J connectivity index is 2.59. The van der Waals surface area contributed by atoms with Gasteiger partial charge < -0.3 is 0 Å². The van der Waals surface area contributed by atoms with E-state index >= 15 is 0 Å². The molecule has 2 aromatic rings. The van der Waals surface area contributed by atoms with Crippen LogP contribution in [0.15, 0.2) is 40.9 Å². The second kappa shape index (κ2) is 4.38. The molecule has 0 aliphatic carbocycles. The minimum atomic E-state index is -0.146. The predicted molar refractivity (Wildman–Crippen MR) is 69.0 cm³/mol. The predicted octanol–water partition coefficient (Wildman–Crippen LogP) is 4.87. The molecule has 0 unspecified atom stereocenters. The van der Waals surface area contributed by atoms with Crippen molar-refractivity contribution in [2.24, 2.45) is 0 Å². The quantitative estimate of drug-likeness (QED) is 0.698. The van der Waals surface area contributed by atoms with Crippen LogP contribution in [-0.2, 0) is 0 Å². The van der Waals surface area contributed by atoms with E-state index in [4.69, 9.17) is 0 Å². The van der Waals surface area contributed by atoms with Crippen molar-refractivity contribution in [3.63, 3.8) is 0 Å². The highest BCUT2D eigenvalue weighted by Crippen LogP contribution is 2.28. The maximum Gasteiger partial charge on any atom is 0.134 e. The van der Waals surface area contributed by atoms with Crippen molar-refractivity contribution in [1.29, 1.82) is 0 Å². The Morgan fingerprint density at radius 2 is 1.62 bits per heavy atom. The van der Waals surface area contributed by atoms with E-state index in [0.717, 1.165) is 10.0 Å². The van der Waals surface area contributed by atoms with Crippen molar-refractivity contribution in [2.75, 3.05) is 0 Å². The highest BCUT2D eigenvalue weighted by atomic mass is 79.9. The smallest absolute Gasteiger partial charge is 0.134 e. The molecule has 2 rings (SSSR count). The van der Waals surface area contributed by atoms with Crippen LogP contribution in [0.1, 0.15) is 11.1 Å². The van der Waals surface area contributed by atoms with Gasteiger partial charge in [0.25, 0.3) is 0 Å². The van der Waals surface area contributed by atoms with Gasteiger partial charge in [0.1, 0.15) is 5.82 Å². The topological polar surface area (TPSA) is 0 Å². The molecule has 0 saturated carbocycles. The average Bonchev–Trinajstić information content (AvgIpc) is 2.25. The monoisotopic (exact) mass is 278 g/mol. The lowest BCUT2D eigenvalue weighted by molar-refractivity contribution is 0.622. The summed E-state index contributed by atoms with van der Waals surface area (Å²) in [6, 6.07) is 11.5. The zero-order valence-electron chi connectivity index (χ0n) is 9.22. The Morgan fingerprint density at radius 3 is 2.25 bits per heavy atom. The van der Waals surface area contributed by atoms with E-state index in [1.165, 1.54) is 5.56 Å². The van der Waals surface area contributed by atoms with E-state index in [-0.39, 0.29) is 5.82 Å². The molecule has 0 amide bonds. The van der Waals surface area contributed by atoms with E-state index in [2.05, 4.69) is 15.9 Å². The Hall–Kier alpha value is -1.15. The molecule has 2 heteroatoms. The molecule has 0 heterocycles. The van der Waals surface area contributed by atoms with Crippen molar-refractivity contribution >= 4 is 15.9 Å². The number of hydrogen-bond acceptors (Lipinski definition) is 0. The van der Waals surface area contributed by atoms with Crippen molar-refractivity contribution < 1.29 is 4.39 Å². The minimum Gasteiger partial charge on any atom is -0.206 e. The molecule has 0 nitrogen and oxygen atoms in total. The lowest BCUT2D eigenvalue weighted by atomic mass is 10.0. The van der Waals surface area contributed by atoms with Gasteiger partial charge in [-0.2, -0.15) is 0 Å². The first-order chi connectivity index (χ1) is 7.58. The Bertz CT molecular complexity index is 515. The van der Waals surface area contributed by atoms with Gasteiger partial charge in [-0.15, -0.1) is 0 Å². The second-order valence-corrected chi connectivity index (χ2v) is 4.87. The van der Waals surface area contributed by atoms with Gasteiger partial charge in [-0.25, -0.2) is 4.39 Å². The molecular weight excluding hydrogens is 267 g/mol. The van der Waals surface area contributed by atoms with Crippen molar-refractivity contribution in [3.05, 3.63) is 57.8 Å². The molecule has 0 N–H and O–H groups in total. The van der Waals surface area contributed by atoms with Crippen LogP contribution >= 0.6 is 15.9 Å². The highest BCUT2D eigenvalue weighted by Gasteiger charge is 2.08. The van der Waals surface area contributed by atoms with Gasteiger partial charge in [0.15, 0.2) is 0 Å². The Labute approximate surface area is 103 Å². The molecule has 0 atom stereocenters. The third kappa shape index (κ3) is 2.17. The van der Waals surface area contributed by atoms with Gasteiger partial charge >= 0.3 is 0 Å². The molecule has 0 fully saturated rings. The summed E-state index contributed by atoms with van der Waals surface area (Å²) in [5.74, 6) is -0.146. The summed E-state index contributed by atoms with van der Waals surface area (Å²) in [4.78, 5) is 0. The van der Waals surface area contributed by atoms with Crippen LogP contribution in [-0.4, -0.2) is 0 Å². The van der Waals surface area contributed by atoms with E-state index in [1.807, 2.05) is 37.3 Å². The fourth-order valence-electron chi connectivity index (χ4n) is 1.67. The fraction of sp³-hybridized carbons (Fsp3) is 0.143. The molecule has 0 saturated heterocycles. The molecule has 0 radical (unpaired) electrons. The molecule has 0 aliphatic rings. The van der Waals surface area contributed by atoms with Crippen LogP contribution in [0, 0.1) is 19.7 Å². The van der Waals surface area contributed by atoms with Gasteiger partial charge in [-0.1, -0.05) is 45.8 Å². The number of aryl methyl sites for hydroxylation is 2. The number of rotatable bonds is 1. The summed E-state index contributed by atoms with van der Waals surface area (Å²) < 4.78 is 14.9. The lowest BCUT2D eigenvalue weighted by Crippen LogP contribution is -1.89. The van der Waals surface area contributed by atoms with E-state index in [1.54, 1.807) is 13.0 Å². The maximum atomic E-state index is 13.9. The van der Waals surface area contributed by atoms with E-state index in [0.29, 0.717) is 11.1 Å². The van der Waals surface area contributed by atoms with Gasteiger partial charge in [-0.3, -0.25) is 0 Å². The minimum absolute atomic E-state index is 0.146. The first kappa shape index (κ1) is 11.3. The van der Waals surface area contributed by atoms with Gasteiger partial charge in [0, 0.05) is 10.0 Å². The van der Waals surface area contributed by atoms with Gasteiger partial charge in [0.2, 0.25) is 0 Å². The number of benzene rings is 2. The molecule has 82 valence electrons. The molecule has 0 aliphatic heterocycles. The SMILES string of the molecule is Cc1ccc(-c2cc(Br)cc(C)c2F)cc1. The fourth-order valence-corrected chi connectivity index (χ4v) is 2.24. The average molecular weight is 279 g/mol. The van der Waals surface area contributed by atoms with Gasteiger partial charge in [-0.05, 0) is 37.1 Å². The highest BCUT2D eigenvalue weighted by molar-refractivity contribution is 9.10. The summed E-state index contributed by atoms with van der Waals surface area (Å²) in [6.07, 6.45) is 0. The largest absolute Gasteiger partial charge is 0.206 e. The third-order valence-electron chi connectivity index (χ3n) is 2.58. The number of halogens is 2. The molecule has 0 aromatic heterocycles. The van der Waals surface area contributed by atoms with Crippen LogP contribution in [0.4, 0.5) is 4.39 Å². The molecule has 0 bridgehead atoms. The summed E-state index contributed by atoms with van der Waals surface area (Å²) >= 11 is 3.39. The molecular formula is C14H12BrF. The van der Waals surface area contributed by atoms with Gasteiger partial charge in [0.05, 0.1) is 0 Å². The summed E-state index contributed by atoms with van der Waals surface area (Å²) in [7, 11) is 0. The van der Waals surface area contributed by atoms with Crippen LogP contribution in [0.2, 0.25) is 0 Å². The third-order valence-corrected chi connectivity index (χ3v) is 3.04. The maximum absolute atomic E-state index is 13.9. The molecule has 16 heavy (non-hydrogen) atoms. The summed E-state index contributed by atoms with van der Waals surface area (Å²) in [5, 5.41) is 0.